The van der Waals surface area contributed by atoms with Gasteiger partial charge in [0, 0.05) is 11.8 Å². The third-order valence-corrected chi connectivity index (χ3v) is 0.474. The predicted molar refractivity (Wildman–Crippen MR) is 31.3 cm³/mol. The lowest BCUT2D eigenvalue weighted by atomic mass is 11.1. The first kappa shape index (κ1) is 7.34. The molecule has 0 aliphatic rings. The average Bonchev–Trinajstić information content (AvgIpc) is 1.82. The smallest absolute Gasteiger partial charge is 0.390 e. The maximum atomic E-state index is 9.76. The maximum absolute atomic E-state index is 9.76. The third kappa shape index (κ3) is 2.22. The quantitative estimate of drug-likeness (QED) is 0.151. The number of nitrogens with zero attached hydrogens (tertiary/aromatic N) is 3. The summed E-state index contributed by atoms with van der Waals surface area (Å²) in [5.74, 6) is 3.92. The summed E-state index contributed by atoms with van der Waals surface area (Å²) in [5, 5.41) is 15.5. The van der Waals surface area contributed by atoms with Gasteiger partial charge in [0.15, 0.2) is 0 Å². The van der Waals surface area contributed by atoms with Gasteiger partial charge in [-0.2, -0.15) is 0 Å². The van der Waals surface area contributed by atoms with Crippen LogP contribution in [0.4, 0.5) is 0 Å². The van der Waals surface area contributed by atoms with Gasteiger partial charge in [-0.15, -0.1) is 10.5 Å². The molecule has 0 fully saturated rings. The summed E-state index contributed by atoms with van der Waals surface area (Å²) >= 11 is 0. The van der Waals surface area contributed by atoms with Gasteiger partial charge >= 0.3 is 5.96 Å². The van der Waals surface area contributed by atoms with Gasteiger partial charge < -0.3 is 10.1 Å². The molecule has 3 N–H and O–H groups in total. The number of rotatable bonds is 1. The van der Waals surface area contributed by atoms with E-state index in [1.165, 1.54) is 0 Å². The molecule has 0 saturated heterocycles. The monoisotopic (exact) mass is 131 g/mol. The van der Waals surface area contributed by atoms with Crippen molar-refractivity contribution >= 4 is 12.7 Å². The van der Waals surface area contributed by atoms with Crippen LogP contribution in [-0.4, -0.2) is 17.6 Å². The molecule has 0 unspecified atom stereocenters. The Morgan fingerprint density at radius 2 is 2.44 bits per heavy atom. The van der Waals surface area contributed by atoms with E-state index in [2.05, 4.69) is 22.8 Å². The molecule has 0 heterocycles. The molecular weight excluding hydrogens is 126 g/mol. The molecule has 9 heavy (non-hydrogen) atoms. The zero-order valence-corrected chi connectivity index (χ0v) is 4.44. The highest BCUT2D eigenvalue weighted by atomic mass is 16.6. The molecule has 0 rings (SSSR count). The number of nitrogens with one attached hydrogen (secondary N) is 1. The Balaban J connectivity index is 4.00. The van der Waals surface area contributed by atoms with E-state index in [0.29, 0.717) is 0 Å². The summed E-state index contributed by atoms with van der Waals surface area (Å²) in [4.78, 5) is 8.95. The third-order valence-electron chi connectivity index (χ3n) is 0.474. The van der Waals surface area contributed by atoms with E-state index >= 15 is 0 Å². The van der Waals surface area contributed by atoms with Crippen molar-refractivity contribution in [3.63, 3.8) is 0 Å². The standard InChI is InChI=1S/C2H5N5O2/c1-4-6-2(5-3)7(8)9/h1,3H2,(H,5,6). The lowest BCUT2D eigenvalue weighted by Gasteiger charge is -1.92. The molecule has 0 atom stereocenters. The van der Waals surface area contributed by atoms with Gasteiger partial charge in [-0.25, -0.2) is 0 Å². The van der Waals surface area contributed by atoms with E-state index in [9.17, 15) is 10.1 Å². The van der Waals surface area contributed by atoms with Crippen LogP contribution >= 0.6 is 0 Å². The van der Waals surface area contributed by atoms with Crippen LogP contribution < -0.4 is 11.3 Å². The Bertz CT molecular complexity index is 151. The Morgan fingerprint density at radius 3 is 2.56 bits per heavy atom. The van der Waals surface area contributed by atoms with Crippen molar-refractivity contribution < 1.29 is 4.92 Å². The largest absolute Gasteiger partial charge is 0.471 e. The number of hydrogen-bond acceptors (Lipinski definition) is 5. The minimum Gasteiger partial charge on any atom is -0.390 e. The molecule has 0 saturated carbocycles. The second-order valence-electron chi connectivity index (χ2n) is 0.980. The van der Waals surface area contributed by atoms with Gasteiger partial charge in [0.2, 0.25) is 0 Å². The lowest BCUT2D eigenvalue weighted by Crippen LogP contribution is -2.27. The second kappa shape index (κ2) is 3.36. The lowest BCUT2D eigenvalue weighted by molar-refractivity contribution is -0.355. The molecule has 7 nitrogen and oxygen atoms in total. The number of nitro groups is 1. The van der Waals surface area contributed by atoms with E-state index in [-0.39, 0.29) is 0 Å². The van der Waals surface area contributed by atoms with Gasteiger partial charge in [0.25, 0.3) is 0 Å². The van der Waals surface area contributed by atoms with Crippen molar-refractivity contribution in [1.82, 2.24) is 5.43 Å². The molecule has 50 valence electrons. The first-order valence-electron chi connectivity index (χ1n) is 1.86. The van der Waals surface area contributed by atoms with E-state index in [1.807, 2.05) is 5.43 Å². The SMILES string of the molecule is C=NNC(=NN)[N+](=O)[O-]. The van der Waals surface area contributed by atoms with E-state index in [1.54, 1.807) is 0 Å². The van der Waals surface area contributed by atoms with Crippen LogP contribution in [0, 0.1) is 10.1 Å². The minimum atomic E-state index is -0.811. The van der Waals surface area contributed by atoms with Crippen molar-refractivity contribution in [2.75, 3.05) is 0 Å². The number of hydrogen-bond donors (Lipinski definition) is 2. The van der Waals surface area contributed by atoms with Crippen molar-refractivity contribution in [3.05, 3.63) is 10.1 Å². The Labute approximate surface area is 50.4 Å². The fourth-order valence-electron chi connectivity index (χ4n) is 0.188. The van der Waals surface area contributed by atoms with Crippen molar-refractivity contribution in [2.45, 2.75) is 0 Å². The first-order chi connectivity index (χ1) is 4.22. The van der Waals surface area contributed by atoms with Crippen molar-refractivity contribution in [1.29, 1.82) is 0 Å². The summed E-state index contributed by atoms with van der Waals surface area (Å²) < 4.78 is 0. The van der Waals surface area contributed by atoms with Crippen LogP contribution in [0.3, 0.4) is 0 Å². The number of guanidine groups is 1. The van der Waals surface area contributed by atoms with Crippen LogP contribution in [-0.2, 0) is 0 Å². The van der Waals surface area contributed by atoms with Crippen LogP contribution in [0.1, 0.15) is 0 Å². The Hall–Kier alpha value is -1.66. The van der Waals surface area contributed by atoms with Gasteiger partial charge in [0.05, 0.1) is 0 Å². The van der Waals surface area contributed by atoms with Crippen LogP contribution in [0.2, 0.25) is 0 Å². The summed E-state index contributed by atoms with van der Waals surface area (Å²) in [6.07, 6.45) is 0. The van der Waals surface area contributed by atoms with Crippen LogP contribution in [0.5, 0.6) is 0 Å². The fraction of sp³-hybridized carbons (Fsp3) is 0. The summed E-state index contributed by atoms with van der Waals surface area (Å²) in [6.45, 7) is 2.93. The highest BCUT2D eigenvalue weighted by molar-refractivity contribution is 5.70. The summed E-state index contributed by atoms with van der Waals surface area (Å²) in [7, 11) is 0. The van der Waals surface area contributed by atoms with Gasteiger partial charge in [-0.05, 0) is 4.92 Å². The topological polar surface area (TPSA) is 106 Å². The maximum Gasteiger partial charge on any atom is 0.471 e. The molecule has 0 aromatic rings. The molecule has 0 aromatic heterocycles. The summed E-state index contributed by atoms with van der Waals surface area (Å²) in [5.41, 5.74) is 1.87. The molecule has 0 aliphatic heterocycles. The zero-order chi connectivity index (χ0) is 7.28. The molecule has 0 aliphatic carbocycles. The second-order valence-corrected chi connectivity index (χ2v) is 0.980. The predicted octanol–water partition coefficient (Wildman–Crippen LogP) is -1.30. The molecule has 0 amide bonds. The van der Waals surface area contributed by atoms with Crippen LogP contribution in [0.25, 0.3) is 0 Å². The summed E-state index contributed by atoms with van der Waals surface area (Å²) in [6, 6.07) is 0. The van der Waals surface area contributed by atoms with Crippen molar-refractivity contribution in [3.8, 4) is 0 Å². The molecule has 0 spiro atoms. The Morgan fingerprint density at radius 1 is 1.89 bits per heavy atom. The minimum absolute atomic E-state index is 0.634. The van der Waals surface area contributed by atoms with E-state index in [4.69, 9.17) is 0 Å². The van der Waals surface area contributed by atoms with E-state index < -0.39 is 10.9 Å². The Kier molecular flexibility index (Phi) is 2.74. The highest BCUT2D eigenvalue weighted by Crippen LogP contribution is 1.69. The van der Waals surface area contributed by atoms with Gasteiger partial charge in [-0.3, -0.25) is 5.84 Å². The molecular formula is C2H5N5O2. The molecule has 0 radical (unpaired) electrons. The van der Waals surface area contributed by atoms with Gasteiger partial charge in [0.1, 0.15) is 0 Å². The molecule has 0 bridgehead atoms. The normalized spacial score (nSPS) is 10.4. The average molecular weight is 131 g/mol. The number of hydrazone groups is 2. The highest BCUT2D eigenvalue weighted by Gasteiger charge is 2.05. The first-order valence-corrected chi connectivity index (χ1v) is 1.86. The fourth-order valence-corrected chi connectivity index (χ4v) is 0.188. The van der Waals surface area contributed by atoms with Crippen LogP contribution in [0.15, 0.2) is 10.2 Å². The van der Waals surface area contributed by atoms with E-state index in [0.717, 1.165) is 0 Å². The molecule has 7 heteroatoms. The zero-order valence-electron chi connectivity index (χ0n) is 4.44. The van der Waals surface area contributed by atoms with Crippen molar-refractivity contribution in [2.24, 2.45) is 16.0 Å². The van der Waals surface area contributed by atoms with Gasteiger partial charge in [-0.1, -0.05) is 0 Å². The number of nitrogens with two attached hydrogens (primary N) is 1. The molecule has 0 aromatic carbocycles.